The minimum atomic E-state index is -0.678. The van der Waals surface area contributed by atoms with Crippen LogP contribution in [0.2, 0.25) is 0 Å². The van der Waals surface area contributed by atoms with E-state index in [0.717, 1.165) is 115 Å². The number of benzene rings is 6. The lowest BCUT2D eigenvalue weighted by Gasteiger charge is -2.32. The van der Waals surface area contributed by atoms with Crippen molar-refractivity contribution in [2.75, 3.05) is 155 Å². The van der Waals surface area contributed by atoms with Gasteiger partial charge in [-0.05, 0) is 131 Å². The predicted octanol–water partition coefficient (Wildman–Crippen LogP) is 5.48. The van der Waals surface area contributed by atoms with Crippen molar-refractivity contribution in [1.82, 2.24) is 60.0 Å². The smallest absolute Gasteiger partial charge is 0.255 e. The number of piperidine rings is 3. The Hall–Kier alpha value is -10.5. The van der Waals surface area contributed by atoms with Crippen LogP contribution in [0.1, 0.15) is 103 Å². The summed E-state index contributed by atoms with van der Waals surface area (Å²) in [7, 11) is 6.37. The summed E-state index contributed by atoms with van der Waals surface area (Å²) in [6.07, 6.45) is 1.53. The summed E-state index contributed by atoms with van der Waals surface area (Å²) >= 11 is 0. The molecule has 9 heterocycles. The van der Waals surface area contributed by atoms with Crippen molar-refractivity contribution in [2.45, 2.75) is 95.9 Å². The largest absolute Gasteiger partial charge is 0.492 e. The molecule has 1 unspecified atom stereocenters. The lowest BCUT2D eigenvalue weighted by molar-refractivity contribution is -0.138. The van der Waals surface area contributed by atoms with Crippen LogP contribution in [-0.4, -0.2) is 255 Å². The van der Waals surface area contributed by atoms with Crippen molar-refractivity contribution in [1.29, 1.82) is 0 Å². The van der Waals surface area contributed by atoms with Gasteiger partial charge in [0.1, 0.15) is 72.6 Å². The van der Waals surface area contributed by atoms with E-state index in [1.165, 1.54) is 32.9 Å². The number of hydrogen-bond acceptors (Lipinski definition) is 21. The topological polar surface area (TPSA) is 283 Å². The molecule has 0 bridgehead atoms. The summed E-state index contributed by atoms with van der Waals surface area (Å²) in [6.45, 7) is 17.9. The first-order chi connectivity index (χ1) is 53.7. The van der Waals surface area contributed by atoms with Crippen LogP contribution < -0.4 is 46.1 Å². The van der Waals surface area contributed by atoms with Crippen molar-refractivity contribution in [3.05, 3.63) is 177 Å². The maximum Gasteiger partial charge on any atom is 0.255 e. The van der Waals surface area contributed by atoms with Crippen LogP contribution in [0.25, 0.3) is 0 Å². The van der Waals surface area contributed by atoms with Crippen LogP contribution in [0.15, 0.2) is 109 Å². The number of fused-ring (bicyclic) bond motifs is 3. The molecule has 0 aliphatic carbocycles. The highest BCUT2D eigenvalue weighted by Crippen LogP contribution is 2.37. The van der Waals surface area contributed by atoms with Crippen LogP contribution in [-0.2, 0) is 68.0 Å². The Kier molecular flexibility index (Phi) is 25.6. The minimum Gasteiger partial charge on any atom is -0.492 e. The molecule has 6 saturated heterocycles. The lowest BCUT2D eigenvalue weighted by atomic mass is 10.0. The molecule has 0 aromatic heterocycles. The van der Waals surface area contributed by atoms with Gasteiger partial charge >= 0.3 is 0 Å². The number of nitrogens with one attached hydrogen (secondary N) is 6. The molecule has 9 aliphatic rings. The molecule has 111 heavy (non-hydrogen) atoms. The molecule has 0 spiro atoms. The molecule has 30 heteroatoms. The van der Waals surface area contributed by atoms with Gasteiger partial charge in [-0.25, -0.2) is 13.2 Å². The molecule has 6 N–H and O–H groups in total. The Labute approximate surface area is 643 Å². The number of likely N-dealkylation sites (N-methyl/N-ethyl adjacent to an activating group) is 3. The number of nitrogens with zero attached hydrogens (tertiary/aromatic N) is 9. The molecule has 588 valence electrons. The highest BCUT2D eigenvalue weighted by molar-refractivity contribution is 6.08. The minimum absolute atomic E-state index is 0.203. The monoisotopic (exact) mass is 1530 g/mol. The number of imide groups is 3. The molecule has 9 amide bonds. The summed E-state index contributed by atoms with van der Waals surface area (Å²) in [6, 6.07) is 28.2. The van der Waals surface area contributed by atoms with Crippen LogP contribution in [0.3, 0.4) is 0 Å². The van der Waals surface area contributed by atoms with Crippen LogP contribution >= 0.6 is 0 Å². The Morgan fingerprint density at radius 3 is 0.901 bits per heavy atom. The Balaban J connectivity index is 0.000000146. The highest BCUT2D eigenvalue weighted by atomic mass is 19.1. The van der Waals surface area contributed by atoms with Crippen LogP contribution in [0.4, 0.5) is 30.2 Å². The molecule has 9 aliphatic heterocycles. The van der Waals surface area contributed by atoms with E-state index in [2.05, 4.69) is 82.4 Å². The third-order valence-corrected chi connectivity index (χ3v) is 22.0. The molecule has 27 nitrogen and oxygen atoms in total. The van der Waals surface area contributed by atoms with E-state index in [0.29, 0.717) is 107 Å². The normalized spacial score (nSPS) is 20.6. The SMILES string of the molecule is CN1CCN(CCOc2ccc(F)c(CNc3cccc4c3CN(C3CCC(=O)NC3=O)C4=O)c2)CC1.CN1CCN(CCOc2ccc(F)c(CNc3cccc4c3CN([C@@H]3CCC(=O)NC3=O)C4=O)c2)CC1.CN1CCN(CCOc2ccc(F)c(CNc3cccc4c3CN([C@H]3CCC(=O)NC3=O)C4=O)c2)CC1. The zero-order chi connectivity index (χ0) is 77.8. The molecular weight excluding hydrogens is 1430 g/mol. The summed E-state index contributed by atoms with van der Waals surface area (Å²) < 4.78 is 61.5. The van der Waals surface area contributed by atoms with E-state index >= 15 is 0 Å². The van der Waals surface area contributed by atoms with Crippen molar-refractivity contribution in [2.24, 2.45) is 0 Å². The van der Waals surface area contributed by atoms with Gasteiger partial charge in [-0.2, -0.15) is 0 Å². The number of hydrogen-bond donors (Lipinski definition) is 6. The quantitative estimate of drug-likeness (QED) is 0.0410. The standard InChI is InChI=1S/3C27H32FN5O4/c3*1-31-9-11-32(12-10-31)13-14-37-19-5-6-22(28)18(15-19)16-29-23-4-2-3-20-21(23)17-33(27(20)36)24-7-8-25(34)30-26(24)35/h3*2-6,15,24,29H,7-14,16-17H2,1H3,(H,30,34,35)/t2*24-;/m10./s1. The maximum atomic E-state index is 14.6. The van der Waals surface area contributed by atoms with Gasteiger partial charge in [0.25, 0.3) is 17.7 Å². The fourth-order valence-electron chi connectivity index (χ4n) is 15.2. The summed E-state index contributed by atoms with van der Waals surface area (Å²) in [5.74, 6) is -2.19. The second-order valence-electron chi connectivity index (χ2n) is 29.5. The number of amides is 9. The van der Waals surface area contributed by atoms with Crippen molar-refractivity contribution >= 4 is 70.2 Å². The second-order valence-corrected chi connectivity index (χ2v) is 29.5. The molecule has 6 aromatic rings. The van der Waals surface area contributed by atoms with Crippen LogP contribution in [0, 0.1) is 17.5 Å². The average Bonchev–Trinajstić information content (AvgIpc) is 1.64. The first-order valence-corrected chi connectivity index (χ1v) is 38.1. The summed E-state index contributed by atoms with van der Waals surface area (Å²) in [4.78, 5) is 129. The molecule has 6 aromatic carbocycles. The maximum absolute atomic E-state index is 14.6. The Bertz CT molecular complexity index is 4030. The number of rotatable bonds is 24. The van der Waals surface area contributed by atoms with Crippen molar-refractivity contribution in [3.63, 3.8) is 0 Å². The number of ether oxygens (including phenoxy) is 3. The van der Waals surface area contributed by atoms with E-state index in [9.17, 15) is 56.3 Å². The molecular formula is C81H96F3N15O12. The van der Waals surface area contributed by atoms with E-state index in [1.54, 1.807) is 72.8 Å². The highest BCUT2D eigenvalue weighted by Gasteiger charge is 2.43. The number of halogens is 3. The fraction of sp³-hybridized carbons (Fsp3) is 0.444. The van der Waals surface area contributed by atoms with E-state index < -0.39 is 35.8 Å². The molecule has 15 rings (SSSR count). The van der Waals surface area contributed by atoms with Gasteiger partial charge in [0.15, 0.2) is 0 Å². The van der Waals surface area contributed by atoms with E-state index in [1.807, 2.05) is 18.2 Å². The molecule has 6 fully saturated rings. The van der Waals surface area contributed by atoms with Crippen molar-refractivity contribution < 1.29 is 70.5 Å². The molecule has 0 radical (unpaired) electrons. The van der Waals surface area contributed by atoms with Gasteiger partial charge in [-0.15, -0.1) is 0 Å². The zero-order valence-corrected chi connectivity index (χ0v) is 62.9. The molecule has 3 atom stereocenters. The first kappa shape index (κ1) is 78.6. The number of carbonyl (C=O) groups excluding carboxylic acids is 9. The van der Waals surface area contributed by atoms with Crippen LogP contribution in [0.5, 0.6) is 17.2 Å². The van der Waals surface area contributed by atoms with Gasteiger partial charge in [-0.1, -0.05) is 18.2 Å². The van der Waals surface area contributed by atoms with Gasteiger partial charge in [0.2, 0.25) is 35.4 Å². The third kappa shape index (κ3) is 19.5. The van der Waals surface area contributed by atoms with Gasteiger partial charge in [0, 0.05) is 224 Å². The van der Waals surface area contributed by atoms with Crippen molar-refractivity contribution in [3.8, 4) is 17.2 Å². The van der Waals surface area contributed by atoms with E-state index in [4.69, 9.17) is 14.2 Å². The van der Waals surface area contributed by atoms with Gasteiger partial charge in [0.05, 0.1) is 0 Å². The lowest BCUT2D eigenvalue weighted by Crippen LogP contribution is -2.52. The summed E-state index contributed by atoms with van der Waals surface area (Å²) in [5.41, 5.74) is 7.32. The van der Waals surface area contributed by atoms with Gasteiger partial charge in [-0.3, -0.25) is 73.8 Å². The zero-order valence-electron chi connectivity index (χ0n) is 62.9. The number of carbonyl (C=O) groups is 9. The summed E-state index contributed by atoms with van der Waals surface area (Å²) in [5, 5.41) is 16.7. The average molecular weight is 1530 g/mol. The fourth-order valence-corrected chi connectivity index (χ4v) is 15.2. The van der Waals surface area contributed by atoms with E-state index in [-0.39, 0.29) is 111 Å². The Morgan fingerprint density at radius 2 is 0.640 bits per heavy atom. The predicted molar refractivity (Wildman–Crippen MR) is 407 cm³/mol. The van der Waals surface area contributed by atoms with Gasteiger partial charge < -0.3 is 59.6 Å². The number of anilines is 3. The third-order valence-electron chi connectivity index (χ3n) is 22.0. The number of piperazine rings is 3. The second kappa shape index (κ2) is 36.1. The Morgan fingerprint density at radius 1 is 0.369 bits per heavy atom. The first-order valence-electron chi connectivity index (χ1n) is 38.1. The molecule has 0 saturated carbocycles.